The number of rotatable bonds is 2. The van der Waals surface area contributed by atoms with Crippen LogP contribution >= 0.6 is 0 Å². The molecule has 0 saturated carbocycles. The van der Waals surface area contributed by atoms with Crippen molar-refractivity contribution in [1.29, 1.82) is 0 Å². The van der Waals surface area contributed by atoms with E-state index >= 15 is 0 Å². The molecule has 0 aromatic carbocycles. The standard InChI is InChI=1S/C11H19NO5S/c1-11(2,3)17-10(14)12-8-5-4-6-18(15,16)9(8)7-13/h7-9H,4-6H2,1-3H3,(H,12,14)/t8-,9+/m1/s1. The van der Waals surface area contributed by atoms with Gasteiger partial charge in [0.2, 0.25) is 0 Å². The smallest absolute Gasteiger partial charge is 0.407 e. The Bertz CT molecular complexity index is 423. The van der Waals surface area contributed by atoms with Crippen molar-refractivity contribution in [2.24, 2.45) is 0 Å². The number of carbonyl (C=O) groups excluding carboxylic acids is 2. The maximum absolute atomic E-state index is 11.7. The van der Waals surface area contributed by atoms with E-state index in [0.29, 0.717) is 19.1 Å². The summed E-state index contributed by atoms with van der Waals surface area (Å²) in [6.45, 7) is 5.13. The molecule has 1 aliphatic heterocycles. The number of amides is 1. The first-order valence-electron chi connectivity index (χ1n) is 5.82. The van der Waals surface area contributed by atoms with Crippen LogP contribution in [0, 0.1) is 0 Å². The first-order valence-corrected chi connectivity index (χ1v) is 7.53. The van der Waals surface area contributed by atoms with Gasteiger partial charge >= 0.3 is 6.09 Å². The molecule has 1 saturated heterocycles. The Kier molecular flexibility index (Phi) is 4.37. The van der Waals surface area contributed by atoms with Crippen molar-refractivity contribution in [3.8, 4) is 0 Å². The molecule has 6 nitrogen and oxygen atoms in total. The van der Waals surface area contributed by atoms with Gasteiger partial charge in [-0.25, -0.2) is 13.2 Å². The van der Waals surface area contributed by atoms with Gasteiger partial charge in [-0.15, -0.1) is 0 Å². The van der Waals surface area contributed by atoms with Crippen LogP contribution in [-0.2, 0) is 19.4 Å². The molecule has 0 aliphatic carbocycles. The first kappa shape index (κ1) is 14.9. The number of hydrogen-bond acceptors (Lipinski definition) is 5. The maximum Gasteiger partial charge on any atom is 0.407 e. The van der Waals surface area contributed by atoms with Crippen LogP contribution in [0.2, 0.25) is 0 Å². The van der Waals surface area contributed by atoms with Crippen LogP contribution in [-0.4, -0.2) is 43.4 Å². The zero-order valence-electron chi connectivity index (χ0n) is 10.8. The molecule has 1 amide bonds. The number of aldehydes is 1. The number of sulfone groups is 1. The highest BCUT2D eigenvalue weighted by Crippen LogP contribution is 2.19. The van der Waals surface area contributed by atoms with Crippen LogP contribution in [0.1, 0.15) is 33.6 Å². The highest BCUT2D eigenvalue weighted by atomic mass is 32.2. The van der Waals surface area contributed by atoms with E-state index in [9.17, 15) is 18.0 Å². The number of nitrogens with one attached hydrogen (secondary N) is 1. The summed E-state index contributed by atoms with van der Waals surface area (Å²) in [5, 5.41) is 1.29. The molecule has 1 aliphatic rings. The molecule has 1 rings (SSSR count). The highest BCUT2D eigenvalue weighted by molar-refractivity contribution is 7.92. The Balaban J connectivity index is 2.71. The van der Waals surface area contributed by atoms with E-state index in [1.165, 1.54) is 0 Å². The Morgan fingerprint density at radius 1 is 1.39 bits per heavy atom. The van der Waals surface area contributed by atoms with Crippen LogP contribution in [0.5, 0.6) is 0 Å². The predicted molar refractivity (Wildman–Crippen MR) is 66.0 cm³/mol. The van der Waals surface area contributed by atoms with Gasteiger partial charge in [0.15, 0.2) is 9.84 Å². The van der Waals surface area contributed by atoms with Gasteiger partial charge in [0.25, 0.3) is 0 Å². The minimum atomic E-state index is -3.45. The number of ether oxygens (including phenoxy) is 1. The summed E-state index contributed by atoms with van der Waals surface area (Å²) in [6.07, 6.45) is 0.586. The van der Waals surface area contributed by atoms with Crippen molar-refractivity contribution in [2.45, 2.75) is 50.5 Å². The topological polar surface area (TPSA) is 89.5 Å². The molecular weight excluding hydrogens is 258 g/mol. The lowest BCUT2D eigenvalue weighted by atomic mass is 10.1. The maximum atomic E-state index is 11.7. The largest absolute Gasteiger partial charge is 0.444 e. The molecule has 104 valence electrons. The molecule has 2 atom stereocenters. The van der Waals surface area contributed by atoms with Crippen LogP contribution in [0.3, 0.4) is 0 Å². The molecule has 1 heterocycles. The van der Waals surface area contributed by atoms with Crippen LogP contribution in [0.25, 0.3) is 0 Å². The summed E-state index contributed by atoms with van der Waals surface area (Å²) >= 11 is 0. The van der Waals surface area contributed by atoms with Crippen molar-refractivity contribution in [3.05, 3.63) is 0 Å². The average Bonchev–Trinajstić information content (AvgIpc) is 2.13. The summed E-state index contributed by atoms with van der Waals surface area (Å²) in [5.74, 6) is -0.0110. The third-order valence-electron chi connectivity index (χ3n) is 2.59. The Morgan fingerprint density at radius 2 is 2.00 bits per heavy atom. The van der Waals surface area contributed by atoms with E-state index in [4.69, 9.17) is 4.74 Å². The molecule has 0 aromatic heterocycles. The van der Waals surface area contributed by atoms with E-state index in [0.717, 1.165) is 0 Å². The minimum Gasteiger partial charge on any atom is -0.444 e. The van der Waals surface area contributed by atoms with Gasteiger partial charge in [-0.1, -0.05) is 0 Å². The summed E-state index contributed by atoms with van der Waals surface area (Å²) in [6, 6.07) is -0.698. The van der Waals surface area contributed by atoms with Gasteiger partial charge < -0.3 is 14.8 Å². The highest BCUT2D eigenvalue weighted by Gasteiger charge is 2.38. The Labute approximate surface area is 107 Å². The van der Waals surface area contributed by atoms with Crippen molar-refractivity contribution >= 4 is 22.2 Å². The molecule has 0 radical (unpaired) electrons. The molecule has 1 fully saturated rings. The van der Waals surface area contributed by atoms with E-state index in [2.05, 4.69) is 5.32 Å². The third kappa shape index (κ3) is 3.97. The molecule has 0 unspecified atom stereocenters. The van der Waals surface area contributed by atoms with Gasteiger partial charge in [0.1, 0.15) is 17.1 Å². The van der Waals surface area contributed by atoms with E-state index in [-0.39, 0.29) is 5.75 Å². The van der Waals surface area contributed by atoms with Gasteiger partial charge in [-0.2, -0.15) is 0 Å². The number of carbonyl (C=O) groups is 2. The second-order valence-electron chi connectivity index (χ2n) is 5.36. The summed E-state index contributed by atoms with van der Waals surface area (Å²) < 4.78 is 28.4. The fraction of sp³-hybridized carbons (Fsp3) is 0.818. The van der Waals surface area contributed by atoms with Crippen LogP contribution in [0.15, 0.2) is 0 Å². The lowest BCUT2D eigenvalue weighted by Gasteiger charge is -2.29. The lowest BCUT2D eigenvalue weighted by Crippen LogP contribution is -2.52. The summed E-state index contributed by atoms with van der Waals surface area (Å²) in [7, 11) is -3.45. The fourth-order valence-corrected chi connectivity index (χ4v) is 3.56. The zero-order valence-corrected chi connectivity index (χ0v) is 11.6. The lowest BCUT2D eigenvalue weighted by molar-refractivity contribution is -0.108. The molecule has 0 spiro atoms. The second-order valence-corrected chi connectivity index (χ2v) is 7.64. The van der Waals surface area contributed by atoms with Gasteiger partial charge in [0.05, 0.1) is 11.8 Å². The van der Waals surface area contributed by atoms with Crippen molar-refractivity contribution in [1.82, 2.24) is 5.32 Å². The zero-order chi connectivity index (χ0) is 14.0. The van der Waals surface area contributed by atoms with Crippen molar-refractivity contribution in [2.75, 3.05) is 5.75 Å². The average molecular weight is 277 g/mol. The molecular formula is C11H19NO5S. The SMILES string of the molecule is CC(C)(C)OC(=O)N[C@@H]1CCCS(=O)(=O)[C@H]1C=O. The van der Waals surface area contributed by atoms with E-state index in [1.54, 1.807) is 20.8 Å². The monoisotopic (exact) mass is 277 g/mol. The number of hydrogen-bond donors (Lipinski definition) is 1. The Hall–Kier alpha value is -1.11. The predicted octanol–water partition coefficient (Wildman–Crippen LogP) is 0.656. The van der Waals surface area contributed by atoms with Gasteiger partial charge in [0, 0.05) is 0 Å². The molecule has 18 heavy (non-hydrogen) atoms. The fourth-order valence-electron chi connectivity index (χ4n) is 1.85. The van der Waals surface area contributed by atoms with Gasteiger partial charge in [-0.3, -0.25) is 0 Å². The molecule has 7 heteroatoms. The van der Waals surface area contributed by atoms with E-state index < -0.39 is 32.8 Å². The molecule has 0 bridgehead atoms. The second kappa shape index (κ2) is 5.26. The van der Waals surface area contributed by atoms with Crippen LogP contribution < -0.4 is 5.32 Å². The first-order chi connectivity index (χ1) is 8.15. The third-order valence-corrected chi connectivity index (χ3v) is 4.72. The van der Waals surface area contributed by atoms with Crippen molar-refractivity contribution in [3.63, 3.8) is 0 Å². The van der Waals surface area contributed by atoms with E-state index in [1.807, 2.05) is 0 Å². The summed E-state index contributed by atoms with van der Waals surface area (Å²) in [4.78, 5) is 22.4. The number of alkyl carbamates (subject to hydrolysis) is 1. The normalized spacial score (nSPS) is 27.3. The Morgan fingerprint density at radius 3 is 2.50 bits per heavy atom. The van der Waals surface area contributed by atoms with Crippen molar-refractivity contribution < 1.29 is 22.7 Å². The van der Waals surface area contributed by atoms with Crippen LogP contribution in [0.4, 0.5) is 4.79 Å². The molecule has 1 N–H and O–H groups in total. The minimum absolute atomic E-state index is 0.0110. The molecule has 0 aromatic rings. The quantitative estimate of drug-likeness (QED) is 0.749. The summed E-state index contributed by atoms with van der Waals surface area (Å²) in [5.41, 5.74) is -0.658. The van der Waals surface area contributed by atoms with Gasteiger partial charge in [-0.05, 0) is 33.6 Å².